The van der Waals surface area contributed by atoms with Gasteiger partial charge in [0.15, 0.2) is 11.5 Å². The highest BCUT2D eigenvalue weighted by atomic mass is 32.1. The highest BCUT2D eigenvalue weighted by Gasteiger charge is 2.32. The number of benzene rings is 1. The van der Waals surface area contributed by atoms with E-state index in [-0.39, 0.29) is 10.9 Å². The van der Waals surface area contributed by atoms with Crippen molar-refractivity contribution in [2.45, 2.75) is 32.1 Å². The van der Waals surface area contributed by atoms with E-state index in [0.717, 1.165) is 66.5 Å². The molecule has 0 saturated carbocycles. The van der Waals surface area contributed by atoms with E-state index in [1.165, 1.54) is 7.05 Å². The lowest BCUT2D eigenvalue weighted by Gasteiger charge is -2.40. The highest BCUT2D eigenvalue weighted by molar-refractivity contribution is 7.80. The Hall–Kier alpha value is -2.20. The third-order valence-corrected chi connectivity index (χ3v) is 6.34. The van der Waals surface area contributed by atoms with E-state index in [0.29, 0.717) is 0 Å². The molecule has 35 heavy (non-hydrogen) atoms. The number of anilines is 2. The molecule has 0 radical (unpaired) electrons. The molecule has 0 amide bonds. The second-order valence-corrected chi connectivity index (χ2v) is 9.28. The van der Waals surface area contributed by atoms with Gasteiger partial charge in [-0.3, -0.25) is 4.40 Å². The minimum atomic E-state index is -0.0300. The van der Waals surface area contributed by atoms with E-state index in [9.17, 15) is 0 Å². The van der Waals surface area contributed by atoms with Gasteiger partial charge in [0.2, 0.25) is 0 Å². The molecule has 1 atom stereocenters. The molecular weight excluding hydrogens is 476 g/mol. The van der Waals surface area contributed by atoms with Crippen molar-refractivity contribution >= 4 is 48.5 Å². The molecule has 1 aliphatic heterocycles. The molecule has 3 N–H and O–H groups in total. The van der Waals surface area contributed by atoms with Gasteiger partial charge < -0.3 is 20.7 Å². The van der Waals surface area contributed by atoms with Crippen molar-refractivity contribution in [2.75, 3.05) is 50.3 Å². The summed E-state index contributed by atoms with van der Waals surface area (Å²) in [5, 5.41) is 3.25. The average Bonchev–Trinajstić information content (AvgIpc) is 3.40. The van der Waals surface area contributed by atoms with Crippen LogP contribution in [0, 0.1) is 5.41 Å². The first-order valence-electron chi connectivity index (χ1n) is 11.8. The van der Waals surface area contributed by atoms with Crippen LogP contribution in [0.2, 0.25) is 0 Å². The predicted molar refractivity (Wildman–Crippen MR) is 157 cm³/mol. The number of nitrogens with one attached hydrogen (secondary N) is 1. The molecule has 1 saturated heterocycles. The lowest BCUT2D eigenvalue weighted by atomic mass is 9.81. The van der Waals surface area contributed by atoms with Crippen molar-refractivity contribution in [3.05, 3.63) is 48.9 Å². The Morgan fingerprint density at radius 1 is 1.26 bits per heavy atom. The van der Waals surface area contributed by atoms with Gasteiger partial charge in [0.05, 0.1) is 23.9 Å². The van der Waals surface area contributed by atoms with Crippen LogP contribution in [0.1, 0.15) is 32.3 Å². The standard InChI is InChI=1S/C24H31N5OS.CH5N.CH4S/c1-5-18-6-7-19(14-20(18)25-4)21-15-27-22(23-26-10-13-29(21)23)28-11-8-24(3,9-12-28)16-30-17(2)31;2*1-2/h5-7,10,13-15,17,25,31H,1,8-9,11-12,16H2,2-4H3;2H2,1H3;2H,1H3/t17-;;/m1../s1. The summed E-state index contributed by atoms with van der Waals surface area (Å²) < 4.78 is 7.91. The average molecular weight is 517 g/mol. The minimum Gasteiger partial charge on any atom is -0.388 e. The Labute approximate surface area is 221 Å². The van der Waals surface area contributed by atoms with Crippen molar-refractivity contribution < 1.29 is 4.74 Å². The summed E-state index contributed by atoms with van der Waals surface area (Å²) in [6.07, 6.45) is 11.5. The van der Waals surface area contributed by atoms with Crippen LogP contribution >= 0.6 is 25.3 Å². The molecule has 2 aromatic heterocycles. The molecule has 1 aliphatic rings. The number of nitrogens with zero attached hydrogens (tertiary/aromatic N) is 4. The number of thiol groups is 2. The number of ether oxygens (including phenoxy) is 1. The summed E-state index contributed by atoms with van der Waals surface area (Å²) >= 11 is 7.87. The normalized spacial score (nSPS) is 15.4. The van der Waals surface area contributed by atoms with Crippen LogP contribution in [0.3, 0.4) is 0 Å². The molecule has 0 bridgehead atoms. The van der Waals surface area contributed by atoms with E-state index in [2.05, 4.69) is 82.3 Å². The Morgan fingerprint density at radius 3 is 2.54 bits per heavy atom. The Kier molecular flexibility index (Phi) is 11.4. The van der Waals surface area contributed by atoms with Gasteiger partial charge in [-0.2, -0.15) is 12.6 Å². The molecule has 192 valence electrons. The highest BCUT2D eigenvalue weighted by Crippen LogP contribution is 2.35. The minimum absolute atomic E-state index is 0.0300. The number of aromatic nitrogens is 3. The van der Waals surface area contributed by atoms with Crippen molar-refractivity contribution in [3.8, 4) is 11.3 Å². The SMILES string of the molecule is C=Cc1ccc(-c2cnc(N3CCC(C)(CO[C@@H](C)S)CC3)c3nccn23)cc1NC.CN.CS. The van der Waals surface area contributed by atoms with E-state index in [1.54, 1.807) is 6.26 Å². The van der Waals surface area contributed by atoms with Gasteiger partial charge in [-0.15, -0.1) is 12.6 Å². The summed E-state index contributed by atoms with van der Waals surface area (Å²) in [6.45, 7) is 10.8. The summed E-state index contributed by atoms with van der Waals surface area (Å²) in [7, 11) is 3.42. The summed E-state index contributed by atoms with van der Waals surface area (Å²) in [5.74, 6) is 0.941. The van der Waals surface area contributed by atoms with Crippen molar-refractivity contribution in [1.82, 2.24) is 14.4 Å². The lowest BCUT2D eigenvalue weighted by Crippen LogP contribution is -2.41. The van der Waals surface area contributed by atoms with Gasteiger partial charge in [0, 0.05) is 43.8 Å². The van der Waals surface area contributed by atoms with Crippen LogP contribution in [-0.2, 0) is 4.74 Å². The number of hydrogen-bond donors (Lipinski definition) is 4. The molecule has 9 heteroatoms. The van der Waals surface area contributed by atoms with Crippen LogP contribution in [-0.4, -0.2) is 59.9 Å². The quantitative estimate of drug-likeness (QED) is 0.258. The third kappa shape index (κ3) is 6.94. The van der Waals surface area contributed by atoms with Crippen molar-refractivity contribution in [2.24, 2.45) is 11.1 Å². The largest absolute Gasteiger partial charge is 0.388 e. The second kappa shape index (κ2) is 13.8. The van der Waals surface area contributed by atoms with Crippen molar-refractivity contribution in [3.63, 3.8) is 0 Å². The van der Waals surface area contributed by atoms with Crippen LogP contribution in [0.5, 0.6) is 0 Å². The fourth-order valence-corrected chi connectivity index (χ4v) is 4.25. The van der Waals surface area contributed by atoms with Gasteiger partial charge in [0.1, 0.15) is 0 Å². The molecule has 0 spiro atoms. The van der Waals surface area contributed by atoms with Crippen LogP contribution in [0.4, 0.5) is 11.5 Å². The first-order valence-corrected chi connectivity index (χ1v) is 13.2. The van der Waals surface area contributed by atoms with Crippen molar-refractivity contribution in [1.29, 1.82) is 0 Å². The number of imidazole rings is 1. The zero-order valence-electron chi connectivity index (χ0n) is 21.5. The zero-order valence-corrected chi connectivity index (χ0v) is 23.3. The molecule has 3 heterocycles. The Morgan fingerprint density at radius 2 is 1.94 bits per heavy atom. The molecule has 3 aromatic rings. The van der Waals surface area contributed by atoms with E-state index in [1.807, 2.05) is 38.6 Å². The molecule has 7 nitrogen and oxygen atoms in total. The maximum atomic E-state index is 5.79. The van der Waals surface area contributed by atoms with Crippen LogP contribution < -0.4 is 16.0 Å². The number of nitrogens with two attached hydrogens (primary N) is 1. The number of rotatable bonds is 7. The smallest absolute Gasteiger partial charge is 0.180 e. The lowest BCUT2D eigenvalue weighted by molar-refractivity contribution is 0.0326. The number of fused-ring (bicyclic) bond motifs is 1. The first-order chi connectivity index (χ1) is 16.9. The number of piperidine rings is 1. The Bertz CT molecular complexity index is 1080. The van der Waals surface area contributed by atoms with Crippen LogP contribution in [0.25, 0.3) is 23.0 Å². The van der Waals surface area contributed by atoms with E-state index < -0.39 is 0 Å². The van der Waals surface area contributed by atoms with Gasteiger partial charge in [-0.05, 0) is 50.1 Å². The maximum Gasteiger partial charge on any atom is 0.180 e. The first kappa shape index (κ1) is 29.0. The van der Waals surface area contributed by atoms with Gasteiger partial charge in [-0.1, -0.05) is 31.7 Å². The maximum absolute atomic E-state index is 5.79. The monoisotopic (exact) mass is 516 g/mol. The van der Waals surface area contributed by atoms with Gasteiger partial charge in [-0.25, -0.2) is 9.97 Å². The molecule has 0 unspecified atom stereocenters. The fourth-order valence-electron chi connectivity index (χ4n) is 4.18. The summed E-state index contributed by atoms with van der Waals surface area (Å²) in [6, 6.07) is 6.30. The molecular formula is C26H40N6OS2. The Balaban J connectivity index is 0.00000103. The zero-order chi connectivity index (χ0) is 26.0. The summed E-state index contributed by atoms with van der Waals surface area (Å²) in [4.78, 5) is 11.8. The van der Waals surface area contributed by atoms with Gasteiger partial charge in [0.25, 0.3) is 0 Å². The fraction of sp³-hybridized carbons (Fsp3) is 0.462. The molecule has 4 rings (SSSR count). The van der Waals surface area contributed by atoms with E-state index in [4.69, 9.17) is 9.72 Å². The van der Waals surface area contributed by atoms with Gasteiger partial charge >= 0.3 is 0 Å². The predicted octanol–water partition coefficient (Wildman–Crippen LogP) is 5.10. The van der Waals surface area contributed by atoms with E-state index >= 15 is 0 Å². The number of hydrogen-bond acceptors (Lipinski definition) is 8. The molecule has 0 aliphatic carbocycles. The molecule has 1 fully saturated rings. The second-order valence-electron chi connectivity index (χ2n) is 8.55. The third-order valence-electron chi connectivity index (χ3n) is 6.19. The van der Waals surface area contributed by atoms with Crippen LogP contribution in [0.15, 0.2) is 43.4 Å². The summed E-state index contributed by atoms with van der Waals surface area (Å²) in [5.41, 5.74) is 9.75. The topological polar surface area (TPSA) is 80.7 Å². The molecule has 1 aromatic carbocycles.